The number of nitrogens with zero attached hydrogens (tertiary/aromatic N) is 1. The summed E-state index contributed by atoms with van der Waals surface area (Å²) in [4.78, 5) is 0.853. The van der Waals surface area contributed by atoms with Gasteiger partial charge in [-0.1, -0.05) is 170 Å². The van der Waals surface area contributed by atoms with Crippen LogP contribution in [0, 0.1) is 0 Å². The Morgan fingerprint density at radius 2 is 0.784 bits per heavy atom. The monoisotopic (exact) mass is 661 g/mol. The van der Waals surface area contributed by atoms with Crippen molar-refractivity contribution in [3.05, 3.63) is 212 Å². The molecular formula is C50H35N. The SMILES string of the molecule is [2H]c1c([2H])c(N(c2c([2H])c([2H])c(-c3ccc4ccccc4c3)c([2H])c2[2H])c2c([2H])c([2H])c(-c3c(-c4ccccc4)ccc4ccccc34)c([2H])c2[2H])c([2H])c([2H])c1-c1ccccc1. The maximum Gasteiger partial charge on any atom is 0.0645 e. The summed E-state index contributed by atoms with van der Waals surface area (Å²) in [7, 11) is 0. The lowest BCUT2D eigenvalue weighted by molar-refractivity contribution is 1.28. The van der Waals surface area contributed by atoms with Crippen LogP contribution in [0.3, 0.4) is 0 Å². The van der Waals surface area contributed by atoms with E-state index in [1.54, 1.807) is 48.5 Å². The molecule has 0 saturated heterocycles. The summed E-state index contributed by atoms with van der Waals surface area (Å²) >= 11 is 0. The van der Waals surface area contributed by atoms with E-state index in [1.165, 1.54) is 0 Å². The second-order valence-electron chi connectivity index (χ2n) is 12.0. The molecule has 0 aromatic heterocycles. The van der Waals surface area contributed by atoms with Crippen molar-refractivity contribution in [1.29, 1.82) is 0 Å². The Kier molecular flexibility index (Phi) is 5.24. The van der Waals surface area contributed by atoms with Crippen molar-refractivity contribution in [2.24, 2.45) is 0 Å². The van der Waals surface area contributed by atoms with Crippen LogP contribution in [-0.4, -0.2) is 0 Å². The summed E-state index contributed by atoms with van der Waals surface area (Å²) in [5, 5.41) is 3.13. The van der Waals surface area contributed by atoms with Crippen molar-refractivity contribution >= 4 is 38.6 Å². The van der Waals surface area contributed by atoms with Gasteiger partial charge >= 0.3 is 0 Å². The maximum absolute atomic E-state index is 9.70. The van der Waals surface area contributed by atoms with Gasteiger partial charge in [-0.2, -0.15) is 0 Å². The molecule has 0 fully saturated rings. The molecule has 0 saturated carbocycles. The van der Waals surface area contributed by atoms with E-state index >= 15 is 0 Å². The van der Waals surface area contributed by atoms with Crippen molar-refractivity contribution in [2.75, 3.05) is 4.90 Å². The third-order valence-electron chi connectivity index (χ3n) is 8.87. The zero-order chi connectivity index (χ0) is 44.4. The van der Waals surface area contributed by atoms with Gasteiger partial charge in [-0.15, -0.1) is 0 Å². The lowest BCUT2D eigenvalue weighted by Gasteiger charge is -2.26. The second kappa shape index (κ2) is 13.3. The third-order valence-corrected chi connectivity index (χ3v) is 8.87. The van der Waals surface area contributed by atoms with E-state index in [0.29, 0.717) is 27.6 Å². The van der Waals surface area contributed by atoms with Crippen LogP contribution in [0.15, 0.2) is 212 Å². The second-order valence-corrected chi connectivity index (χ2v) is 12.0. The van der Waals surface area contributed by atoms with E-state index in [-0.39, 0.29) is 16.7 Å². The van der Waals surface area contributed by atoms with E-state index < -0.39 is 89.6 Å². The minimum Gasteiger partial charge on any atom is -0.311 e. The summed E-state index contributed by atoms with van der Waals surface area (Å²) in [5.74, 6) is 0. The van der Waals surface area contributed by atoms with E-state index in [2.05, 4.69) is 0 Å². The highest BCUT2D eigenvalue weighted by atomic mass is 15.1. The first-order valence-corrected chi connectivity index (χ1v) is 16.5. The molecule has 0 aliphatic rings. The zero-order valence-corrected chi connectivity index (χ0v) is 27.2. The fourth-order valence-electron chi connectivity index (χ4n) is 6.35. The lowest BCUT2D eigenvalue weighted by atomic mass is 9.89. The molecule has 0 atom stereocenters. The molecule has 0 unspecified atom stereocenters. The van der Waals surface area contributed by atoms with Gasteiger partial charge in [0.15, 0.2) is 0 Å². The van der Waals surface area contributed by atoms with Gasteiger partial charge in [0.05, 0.1) is 16.4 Å². The highest BCUT2D eigenvalue weighted by molar-refractivity contribution is 6.04. The number of anilines is 3. The minimum atomic E-state index is -0.669. The molecule has 1 heteroatoms. The van der Waals surface area contributed by atoms with Crippen LogP contribution in [-0.2, 0) is 0 Å². The smallest absolute Gasteiger partial charge is 0.0645 e. The summed E-state index contributed by atoms with van der Waals surface area (Å²) in [6, 6.07) is 34.6. The Hall–Kier alpha value is -6.70. The molecule has 0 aliphatic heterocycles. The average molecular weight is 662 g/mol. The van der Waals surface area contributed by atoms with Gasteiger partial charge in [0.25, 0.3) is 0 Å². The van der Waals surface area contributed by atoms with Crippen LogP contribution in [0.4, 0.5) is 17.1 Å². The van der Waals surface area contributed by atoms with Gasteiger partial charge in [0.1, 0.15) is 0 Å². The predicted octanol–water partition coefficient (Wildman–Crippen LogP) is 14.1. The zero-order valence-electron chi connectivity index (χ0n) is 39.2. The normalized spacial score (nSPS) is 14.4. The fourth-order valence-corrected chi connectivity index (χ4v) is 6.35. The van der Waals surface area contributed by atoms with Crippen molar-refractivity contribution in [1.82, 2.24) is 0 Å². The summed E-state index contributed by atoms with van der Waals surface area (Å²) in [6.07, 6.45) is 0. The average Bonchev–Trinajstić information content (AvgIpc) is 3.30. The van der Waals surface area contributed by atoms with Gasteiger partial charge in [-0.3, -0.25) is 0 Å². The molecule has 1 nitrogen and oxygen atoms in total. The minimum absolute atomic E-state index is 0.0418. The van der Waals surface area contributed by atoms with E-state index in [9.17, 15) is 16.4 Å². The van der Waals surface area contributed by atoms with Crippen LogP contribution in [0.1, 0.15) is 16.4 Å². The topological polar surface area (TPSA) is 3.24 Å². The highest BCUT2D eigenvalue weighted by Crippen LogP contribution is 2.41. The Bertz CT molecular complexity index is 3230. The highest BCUT2D eigenvalue weighted by Gasteiger charge is 2.16. The Morgan fingerprint density at radius 3 is 1.41 bits per heavy atom. The number of hydrogen-bond acceptors (Lipinski definition) is 1. The molecular weight excluding hydrogens is 615 g/mol. The first-order valence-electron chi connectivity index (χ1n) is 22.5. The largest absolute Gasteiger partial charge is 0.311 e. The summed E-state index contributed by atoms with van der Waals surface area (Å²) in [6.45, 7) is 0. The van der Waals surface area contributed by atoms with Crippen LogP contribution < -0.4 is 4.90 Å². The first-order chi connectivity index (χ1) is 30.3. The van der Waals surface area contributed by atoms with Crippen molar-refractivity contribution in [3.8, 4) is 44.5 Å². The van der Waals surface area contributed by atoms with Crippen molar-refractivity contribution < 1.29 is 16.4 Å². The lowest BCUT2D eigenvalue weighted by Crippen LogP contribution is -2.09. The number of rotatable bonds is 7. The molecule has 0 radical (unpaired) electrons. The van der Waals surface area contributed by atoms with Crippen LogP contribution >= 0.6 is 0 Å². The molecule has 9 aromatic carbocycles. The van der Waals surface area contributed by atoms with Crippen LogP contribution in [0.25, 0.3) is 66.1 Å². The van der Waals surface area contributed by atoms with Crippen LogP contribution in [0.2, 0.25) is 0 Å². The first kappa shape index (κ1) is 20.1. The number of fused-ring (bicyclic) bond motifs is 2. The van der Waals surface area contributed by atoms with Gasteiger partial charge in [-0.05, 0) is 108 Å². The molecule has 0 amide bonds. The fraction of sp³-hybridized carbons (Fsp3) is 0. The molecule has 9 rings (SSSR count). The van der Waals surface area contributed by atoms with Gasteiger partial charge in [0.2, 0.25) is 0 Å². The Morgan fingerprint density at radius 1 is 0.314 bits per heavy atom. The third kappa shape index (κ3) is 5.96. The van der Waals surface area contributed by atoms with E-state index in [1.807, 2.05) is 91.0 Å². The van der Waals surface area contributed by atoms with Crippen molar-refractivity contribution in [2.45, 2.75) is 0 Å². The number of hydrogen-bond donors (Lipinski definition) is 0. The van der Waals surface area contributed by atoms with Crippen molar-refractivity contribution in [3.63, 3.8) is 0 Å². The Balaban J connectivity index is 1.38. The quantitative estimate of drug-likeness (QED) is 0.164. The van der Waals surface area contributed by atoms with Gasteiger partial charge < -0.3 is 4.90 Å². The molecule has 0 aliphatic carbocycles. The molecule has 51 heavy (non-hydrogen) atoms. The standard InChI is InChI=1S/C50H35N/c1-3-11-36(12-4-1)38-21-28-45(29-22-38)51(46-30-23-39(24-31-46)44-20-19-37-13-7-8-17-43(37)35-44)47-32-25-42(26-33-47)50-48-18-10-9-16-41(48)27-34-49(50)40-14-5-2-6-15-40/h1-35H/i21D,22D,23D,24D,25D,26D,28D,29D,30D,31D,32D,33D. The molecule has 9 aromatic rings. The molecule has 0 bridgehead atoms. The summed E-state index contributed by atoms with van der Waals surface area (Å²) in [5.41, 5.74) is 0.731. The molecule has 0 spiro atoms. The van der Waals surface area contributed by atoms with Gasteiger partial charge in [-0.25, -0.2) is 0 Å². The van der Waals surface area contributed by atoms with E-state index in [4.69, 9.17) is 0 Å². The van der Waals surface area contributed by atoms with Gasteiger partial charge in [0, 0.05) is 17.1 Å². The molecule has 240 valence electrons. The van der Waals surface area contributed by atoms with Crippen LogP contribution in [0.5, 0.6) is 0 Å². The molecule has 0 N–H and O–H groups in total. The molecule has 0 heterocycles. The number of benzene rings is 9. The van der Waals surface area contributed by atoms with E-state index in [0.717, 1.165) is 26.6 Å². The Labute approximate surface area is 316 Å². The summed E-state index contributed by atoms with van der Waals surface area (Å²) < 4.78 is 114. The maximum atomic E-state index is 9.70. The predicted molar refractivity (Wildman–Crippen MR) is 218 cm³/mol.